The number of aryl methyl sites for hydroxylation is 1. The highest BCUT2D eigenvalue weighted by atomic mass is 16.3. The average molecular weight is 508 g/mol. The topological polar surface area (TPSA) is 20.3 Å². The van der Waals surface area contributed by atoms with Crippen LogP contribution in [0, 0.1) is 0 Å². The predicted molar refractivity (Wildman–Crippen MR) is 162 cm³/mol. The van der Waals surface area contributed by atoms with E-state index >= 15 is 0 Å². The molecule has 0 amide bonds. The molecule has 1 atom stereocenters. The lowest BCUT2D eigenvalue weighted by atomic mass is 9.74. The minimum absolute atomic E-state index is 0.192. The van der Waals surface area contributed by atoms with Gasteiger partial charge in [-0.05, 0) is 64.9 Å². The highest BCUT2D eigenvalue weighted by Gasteiger charge is 2.43. The van der Waals surface area contributed by atoms with Crippen molar-refractivity contribution in [3.63, 3.8) is 0 Å². The molecule has 2 heterocycles. The summed E-state index contributed by atoms with van der Waals surface area (Å²) in [6.45, 7) is 2.39. The molecule has 1 aliphatic heterocycles. The van der Waals surface area contributed by atoms with Crippen LogP contribution in [0.1, 0.15) is 23.9 Å². The van der Waals surface area contributed by atoms with Crippen LogP contribution in [-0.2, 0) is 18.9 Å². The number of rotatable bonds is 4. The molecule has 1 aromatic heterocycles. The number of anilines is 1. The maximum absolute atomic E-state index is 6.30. The van der Waals surface area contributed by atoms with Crippen molar-refractivity contribution in [3.8, 4) is 0 Å². The van der Waals surface area contributed by atoms with Crippen LogP contribution in [0.5, 0.6) is 0 Å². The molecule has 3 nitrogen and oxygen atoms in total. The van der Waals surface area contributed by atoms with Crippen LogP contribution in [0.25, 0.3) is 38.7 Å². The van der Waals surface area contributed by atoms with Gasteiger partial charge in [-0.3, -0.25) is 0 Å². The summed E-state index contributed by atoms with van der Waals surface area (Å²) >= 11 is 0. The Kier molecular flexibility index (Phi) is 5.41. The maximum atomic E-state index is 6.30. The van der Waals surface area contributed by atoms with Crippen LogP contribution in [0.2, 0.25) is 0 Å². The van der Waals surface area contributed by atoms with Crippen molar-refractivity contribution in [2.75, 3.05) is 11.9 Å². The van der Waals surface area contributed by atoms with E-state index in [0.717, 1.165) is 23.4 Å². The third-order valence-corrected chi connectivity index (χ3v) is 8.38. The summed E-state index contributed by atoms with van der Waals surface area (Å²) in [6, 6.07) is 36.8. The van der Waals surface area contributed by atoms with Gasteiger partial charge in [-0.2, -0.15) is 4.57 Å². The van der Waals surface area contributed by atoms with Crippen molar-refractivity contribution in [2.24, 2.45) is 7.05 Å². The van der Waals surface area contributed by atoms with Gasteiger partial charge in [0.2, 0.25) is 5.58 Å². The lowest BCUT2D eigenvalue weighted by Gasteiger charge is -2.29. The summed E-state index contributed by atoms with van der Waals surface area (Å²) < 4.78 is 8.45. The summed E-state index contributed by atoms with van der Waals surface area (Å²) in [5, 5.41) is 5.02. The van der Waals surface area contributed by atoms with E-state index in [0.29, 0.717) is 0 Å². The SMILES string of the molecule is CN1C(=CC=Cc2oc3ccc4ccccc4c3[n+]2C)C(C)(Cc2ccccc2)c2c1ccc1ccccc21. The highest BCUT2D eigenvalue weighted by molar-refractivity contribution is 6.01. The quantitative estimate of drug-likeness (QED) is 0.225. The summed E-state index contributed by atoms with van der Waals surface area (Å²) in [7, 11) is 4.27. The number of likely N-dealkylation sites (N-methyl/N-ethyl adjacent to an activating group) is 1. The van der Waals surface area contributed by atoms with Crippen LogP contribution in [0.3, 0.4) is 0 Å². The van der Waals surface area contributed by atoms with Gasteiger partial charge in [0.15, 0.2) is 0 Å². The highest BCUT2D eigenvalue weighted by Crippen LogP contribution is 2.51. The molecule has 0 radical (unpaired) electrons. The molecule has 190 valence electrons. The zero-order chi connectivity index (χ0) is 26.6. The van der Waals surface area contributed by atoms with E-state index in [-0.39, 0.29) is 5.41 Å². The zero-order valence-electron chi connectivity index (χ0n) is 22.6. The number of benzene rings is 5. The Balaban J connectivity index is 1.35. The fourth-order valence-corrected chi connectivity index (χ4v) is 6.55. The number of nitrogens with zero attached hydrogens (tertiary/aromatic N) is 2. The first-order valence-corrected chi connectivity index (χ1v) is 13.5. The second-order valence-corrected chi connectivity index (χ2v) is 10.8. The molecule has 7 rings (SSSR count). The van der Waals surface area contributed by atoms with Crippen molar-refractivity contribution < 1.29 is 8.98 Å². The molecule has 0 N–H and O–H groups in total. The van der Waals surface area contributed by atoms with Gasteiger partial charge in [-0.15, -0.1) is 0 Å². The molecule has 0 aliphatic carbocycles. The number of fused-ring (bicyclic) bond motifs is 6. The van der Waals surface area contributed by atoms with E-state index in [2.05, 4.69) is 152 Å². The summed E-state index contributed by atoms with van der Waals surface area (Å²) in [5.41, 5.74) is 7.10. The smallest absolute Gasteiger partial charge is 0.373 e. The fraction of sp³-hybridized carbons (Fsp3) is 0.139. The third-order valence-electron chi connectivity index (χ3n) is 8.38. The van der Waals surface area contributed by atoms with Gasteiger partial charge >= 0.3 is 5.89 Å². The first-order chi connectivity index (χ1) is 19.0. The first kappa shape index (κ1) is 23.5. The average Bonchev–Trinajstić information content (AvgIpc) is 3.40. The molecule has 0 saturated heterocycles. The second kappa shape index (κ2) is 8.99. The predicted octanol–water partition coefficient (Wildman–Crippen LogP) is 8.11. The van der Waals surface area contributed by atoms with Crippen LogP contribution in [0.4, 0.5) is 5.69 Å². The van der Waals surface area contributed by atoms with E-state index in [1.54, 1.807) is 0 Å². The van der Waals surface area contributed by atoms with Crippen molar-refractivity contribution >= 4 is 44.4 Å². The minimum atomic E-state index is -0.192. The Labute approximate surface area is 228 Å². The first-order valence-electron chi connectivity index (χ1n) is 13.5. The molecular weight excluding hydrogens is 476 g/mol. The molecule has 39 heavy (non-hydrogen) atoms. The summed E-state index contributed by atoms with van der Waals surface area (Å²) in [4.78, 5) is 2.36. The molecule has 0 fully saturated rings. The summed E-state index contributed by atoms with van der Waals surface area (Å²) in [6.07, 6.45) is 7.41. The fourth-order valence-electron chi connectivity index (χ4n) is 6.55. The molecule has 1 aliphatic rings. The van der Waals surface area contributed by atoms with Gasteiger partial charge in [0.25, 0.3) is 5.52 Å². The lowest BCUT2D eigenvalue weighted by molar-refractivity contribution is -0.651. The van der Waals surface area contributed by atoms with Gasteiger partial charge in [-0.25, -0.2) is 0 Å². The van der Waals surface area contributed by atoms with Crippen LogP contribution < -0.4 is 9.47 Å². The monoisotopic (exact) mass is 507 g/mol. The summed E-state index contributed by atoms with van der Waals surface area (Å²) in [5.74, 6) is 0.826. The number of hydrogen-bond donors (Lipinski definition) is 0. The second-order valence-electron chi connectivity index (χ2n) is 10.8. The Bertz CT molecular complexity index is 1930. The molecular formula is C36H31N2O+. The normalized spacial score (nSPS) is 18.2. The van der Waals surface area contributed by atoms with Crippen molar-refractivity contribution in [1.82, 2.24) is 0 Å². The van der Waals surface area contributed by atoms with E-state index in [4.69, 9.17) is 4.42 Å². The minimum Gasteiger partial charge on any atom is -0.398 e. The largest absolute Gasteiger partial charge is 0.398 e. The molecule has 3 heteroatoms. The van der Waals surface area contributed by atoms with E-state index in [1.807, 2.05) is 0 Å². The van der Waals surface area contributed by atoms with E-state index < -0.39 is 0 Å². The number of oxazole rings is 1. The Morgan fingerprint density at radius 2 is 1.46 bits per heavy atom. The van der Waals surface area contributed by atoms with Crippen molar-refractivity contribution in [1.29, 1.82) is 0 Å². The van der Waals surface area contributed by atoms with Crippen LogP contribution in [0.15, 0.2) is 125 Å². The lowest BCUT2D eigenvalue weighted by Crippen LogP contribution is -2.29. The van der Waals surface area contributed by atoms with E-state index in [9.17, 15) is 0 Å². The van der Waals surface area contributed by atoms with E-state index in [1.165, 1.54) is 44.1 Å². The zero-order valence-corrected chi connectivity index (χ0v) is 22.6. The van der Waals surface area contributed by atoms with Gasteiger partial charge < -0.3 is 9.32 Å². The Morgan fingerprint density at radius 3 is 2.26 bits per heavy atom. The van der Waals surface area contributed by atoms with Gasteiger partial charge in [0.05, 0.1) is 11.5 Å². The number of hydrogen-bond acceptors (Lipinski definition) is 2. The van der Waals surface area contributed by atoms with Crippen molar-refractivity contribution in [3.05, 3.63) is 138 Å². The van der Waals surface area contributed by atoms with Gasteiger partial charge in [-0.1, -0.05) is 91.0 Å². The molecule has 1 unspecified atom stereocenters. The Morgan fingerprint density at radius 1 is 0.795 bits per heavy atom. The molecule has 0 saturated carbocycles. The Hall–Kier alpha value is -4.63. The number of aromatic nitrogens is 1. The van der Waals surface area contributed by atoms with Gasteiger partial charge in [0, 0.05) is 23.8 Å². The van der Waals surface area contributed by atoms with Crippen LogP contribution >= 0.6 is 0 Å². The molecule has 6 aromatic rings. The molecule has 0 spiro atoms. The number of allylic oxidation sites excluding steroid dienone is 3. The van der Waals surface area contributed by atoms with Gasteiger partial charge in [0.1, 0.15) is 7.05 Å². The maximum Gasteiger partial charge on any atom is 0.373 e. The van der Waals surface area contributed by atoms with Crippen molar-refractivity contribution in [2.45, 2.75) is 18.8 Å². The third kappa shape index (κ3) is 3.69. The van der Waals surface area contributed by atoms with Crippen LogP contribution in [-0.4, -0.2) is 7.05 Å². The standard InChI is InChI=1S/C36H31N2O/c1-36(24-25-12-5-4-6-13-25)32(37(2)30-22-20-26-14-7-9-16-28(26)34(30)36)18-11-19-33-38(3)35-29-17-10-8-15-27(29)21-23-31(35)39-33/h4-23H,24H2,1-3H3/q+1. The molecule has 5 aromatic carbocycles. The molecule has 0 bridgehead atoms.